The Morgan fingerprint density at radius 2 is 1.85 bits per heavy atom. The van der Waals surface area contributed by atoms with E-state index in [1.54, 1.807) is 42.9 Å². The van der Waals surface area contributed by atoms with Crippen molar-refractivity contribution in [2.45, 2.75) is 26.7 Å². The minimum Gasteiger partial charge on any atom is -0.463 e. The van der Waals surface area contributed by atoms with Crippen molar-refractivity contribution in [1.29, 1.82) is 0 Å². The Morgan fingerprint density at radius 1 is 1.06 bits per heavy atom. The fourth-order valence-corrected chi connectivity index (χ4v) is 4.24. The van der Waals surface area contributed by atoms with Crippen LogP contribution in [0.4, 0.5) is 10.1 Å². The van der Waals surface area contributed by atoms with Crippen LogP contribution in [0.2, 0.25) is 0 Å². The zero-order valence-electron chi connectivity index (χ0n) is 18.6. The Hall–Kier alpha value is -4.26. The molecule has 5 aromatic rings. The lowest BCUT2D eigenvalue weighted by Crippen LogP contribution is -2.16. The van der Waals surface area contributed by atoms with Crippen LogP contribution < -0.4 is 10.9 Å². The third kappa shape index (κ3) is 3.85. The van der Waals surface area contributed by atoms with Gasteiger partial charge in [0.05, 0.1) is 18.1 Å². The second-order valence-electron chi connectivity index (χ2n) is 8.19. The molecule has 7 heteroatoms. The predicted octanol–water partition coefficient (Wildman–Crippen LogP) is 5.93. The van der Waals surface area contributed by atoms with Crippen LogP contribution in [0.25, 0.3) is 33.1 Å². The Morgan fingerprint density at radius 3 is 2.59 bits per heavy atom. The lowest BCUT2D eigenvalue weighted by Gasteiger charge is -2.10. The van der Waals surface area contributed by atoms with Crippen molar-refractivity contribution in [3.8, 4) is 11.1 Å². The number of furan rings is 1. The number of halogens is 1. The molecule has 3 heterocycles. The SMILES string of the molecule is Cc1c(CCC(=O)Nc2cccnc2)c(=O)oc2c(C)c3occ(-c4ccc(F)cc4)c3cc12. The maximum atomic E-state index is 13.4. The summed E-state index contributed by atoms with van der Waals surface area (Å²) < 4.78 is 24.9. The highest BCUT2D eigenvalue weighted by Gasteiger charge is 2.19. The maximum Gasteiger partial charge on any atom is 0.339 e. The van der Waals surface area contributed by atoms with Crippen molar-refractivity contribution < 1.29 is 18.0 Å². The molecule has 0 atom stereocenters. The van der Waals surface area contributed by atoms with E-state index >= 15 is 0 Å². The molecule has 0 unspecified atom stereocenters. The molecule has 0 saturated carbocycles. The van der Waals surface area contributed by atoms with Crippen molar-refractivity contribution in [3.63, 3.8) is 0 Å². The molecule has 0 fully saturated rings. The summed E-state index contributed by atoms with van der Waals surface area (Å²) in [5.74, 6) is -0.528. The zero-order valence-corrected chi connectivity index (χ0v) is 18.6. The molecule has 6 nitrogen and oxygen atoms in total. The summed E-state index contributed by atoms with van der Waals surface area (Å²) in [5, 5.41) is 4.39. The molecule has 1 amide bonds. The highest BCUT2D eigenvalue weighted by atomic mass is 19.1. The quantitative estimate of drug-likeness (QED) is 0.332. The van der Waals surface area contributed by atoms with E-state index in [0.717, 1.165) is 27.5 Å². The van der Waals surface area contributed by atoms with Crippen LogP contribution >= 0.6 is 0 Å². The lowest BCUT2D eigenvalue weighted by atomic mass is 9.96. The van der Waals surface area contributed by atoms with Crippen molar-refractivity contribution in [1.82, 2.24) is 4.98 Å². The average molecular weight is 456 g/mol. The van der Waals surface area contributed by atoms with Crippen LogP contribution in [0, 0.1) is 19.7 Å². The molecule has 0 bridgehead atoms. The molecule has 0 aliphatic rings. The van der Waals surface area contributed by atoms with Crippen LogP contribution in [0.15, 0.2) is 74.8 Å². The molecule has 2 aromatic carbocycles. The summed E-state index contributed by atoms with van der Waals surface area (Å²) in [6, 6.07) is 11.6. The van der Waals surface area contributed by atoms with Crippen molar-refractivity contribution in [3.05, 3.63) is 94.0 Å². The lowest BCUT2D eigenvalue weighted by molar-refractivity contribution is -0.116. The summed E-state index contributed by atoms with van der Waals surface area (Å²) in [5.41, 5.74) is 4.77. The number of carbonyl (C=O) groups excluding carboxylic acids is 1. The van der Waals surface area contributed by atoms with Gasteiger partial charge in [-0.25, -0.2) is 9.18 Å². The van der Waals surface area contributed by atoms with Gasteiger partial charge in [-0.05, 0) is 61.7 Å². The van der Waals surface area contributed by atoms with E-state index in [2.05, 4.69) is 10.3 Å². The maximum absolute atomic E-state index is 13.4. The Balaban J connectivity index is 1.53. The molecule has 3 aromatic heterocycles. The van der Waals surface area contributed by atoms with Gasteiger partial charge in [0.15, 0.2) is 0 Å². The number of hydrogen-bond acceptors (Lipinski definition) is 5. The van der Waals surface area contributed by atoms with Gasteiger partial charge in [0.1, 0.15) is 17.0 Å². The number of benzene rings is 2. The molecular formula is C27H21FN2O4. The molecule has 1 N–H and O–H groups in total. The average Bonchev–Trinajstić information content (AvgIpc) is 3.25. The standard InChI is InChI=1S/C27H21FN2O4/c1-15-20(9-10-24(31)30-19-4-3-11-29-13-19)27(32)34-26-16(2)25-22(12-21(15)26)23(14-33-25)17-5-7-18(28)8-6-17/h3-8,11-14H,9-10H2,1-2H3,(H,30,31). The summed E-state index contributed by atoms with van der Waals surface area (Å²) in [6.07, 6.45) is 5.18. The van der Waals surface area contributed by atoms with E-state index in [1.807, 2.05) is 19.9 Å². The first kappa shape index (κ1) is 21.6. The van der Waals surface area contributed by atoms with Crippen LogP contribution in [0.5, 0.6) is 0 Å². The van der Waals surface area contributed by atoms with Gasteiger partial charge in [-0.1, -0.05) is 12.1 Å². The third-order valence-corrected chi connectivity index (χ3v) is 6.04. The summed E-state index contributed by atoms with van der Waals surface area (Å²) in [4.78, 5) is 29.2. The Kier molecular flexibility index (Phi) is 5.45. The van der Waals surface area contributed by atoms with Crippen molar-refractivity contribution in [2.75, 3.05) is 5.32 Å². The molecule has 5 rings (SSSR count). The molecule has 170 valence electrons. The van der Waals surface area contributed by atoms with Gasteiger partial charge in [0, 0.05) is 40.1 Å². The molecule has 0 aliphatic heterocycles. The van der Waals surface area contributed by atoms with E-state index < -0.39 is 5.63 Å². The normalized spacial score (nSPS) is 11.3. The smallest absolute Gasteiger partial charge is 0.339 e. The summed E-state index contributed by atoms with van der Waals surface area (Å²) >= 11 is 0. The summed E-state index contributed by atoms with van der Waals surface area (Å²) in [6.45, 7) is 3.70. The fourth-order valence-electron chi connectivity index (χ4n) is 4.24. The first-order valence-electron chi connectivity index (χ1n) is 10.9. The van der Waals surface area contributed by atoms with Crippen molar-refractivity contribution >= 4 is 33.5 Å². The van der Waals surface area contributed by atoms with Crippen molar-refractivity contribution in [2.24, 2.45) is 0 Å². The molecule has 0 radical (unpaired) electrons. The number of rotatable bonds is 5. The van der Waals surface area contributed by atoms with Crippen LogP contribution in [-0.4, -0.2) is 10.9 Å². The first-order chi connectivity index (χ1) is 16.4. The van der Waals surface area contributed by atoms with Crippen LogP contribution in [0.1, 0.15) is 23.1 Å². The van der Waals surface area contributed by atoms with Gasteiger partial charge in [-0.15, -0.1) is 0 Å². The monoisotopic (exact) mass is 456 g/mol. The second kappa shape index (κ2) is 8.59. The van der Waals surface area contributed by atoms with E-state index in [4.69, 9.17) is 8.83 Å². The van der Waals surface area contributed by atoms with E-state index in [1.165, 1.54) is 12.1 Å². The zero-order chi connectivity index (χ0) is 23.8. The largest absolute Gasteiger partial charge is 0.463 e. The van der Waals surface area contributed by atoms with Gasteiger partial charge in [0.2, 0.25) is 5.91 Å². The topological polar surface area (TPSA) is 85.3 Å². The number of nitrogens with zero attached hydrogens (tertiary/aromatic N) is 1. The minimum atomic E-state index is -0.466. The number of anilines is 1. The number of aryl methyl sites for hydroxylation is 2. The number of pyridine rings is 1. The molecule has 34 heavy (non-hydrogen) atoms. The van der Waals surface area contributed by atoms with Gasteiger partial charge >= 0.3 is 5.63 Å². The van der Waals surface area contributed by atoms with Gasteiger partial charge in [-0.3, -0.25) is 9.78 Å². The highest BCUT2D eigenvalue weighted by molar-refractivity contribution is 6.05. The number of amides is 1. The number of fused-ring (bicyclic) bond motifs is 2. The number of aromatic nitrogens is 1. The highest BCUT2D eigenvalue weighted by Crippen LogP contribution is 2.37. The fraction of sp³-hybridized carbons (Fsp3) is 0.148. The number of nitrogens with one attached hydrogen (secondary N) is 1. The summed E-state index contributed by atoms with van der Waals surface area (Å²) in [7, 11) is 0. The predicted molar refractivity (Wildman–Crippen MR) is 128 cm³/mol. The van der Waals surface area contributed by atoms with E-state index in [9.17, 15) is 14.0 Å². The minimum absolute atomic E-state index is 0.125. The van der Waals surface area contributed by atoms with E-state index in [-0.39, 0.29) is 24.6 Å². The molecule has 0 spiro atoms. The number of hydrogen-bond donors (Lipinski definition) is 1. The molecule has 0 aliphatic carbocycles. The first-order valence-corrected chi connectivity index (χ1v) is 10.9. The van der Waals surface area contributed by atoms with Gasteiger partial charge < -0.3 is 14.2 Å². The molecular weight excluding hydrogens is 435 g/mol. The third-order valence-electron chi connectivity index (χ3n) is 6.04. The van der Waals surface area contributed by atoms with Gasteiger partial charge in [-0.2, -0.15) is 0 Å². The second-order valence-corrected chi connectivity index (χ2v) is 8.19. The Labute approximate surface area is 194 Å². The molecule has 0 saturated heterocycles. The van der Waals surface area contributed by atoms with E-state index in [0.29, 0.717) is 28.0 Å². The number of carbonyl (C=O) groups is 1. The Bertz CT molecular complexity index is 1590. The van der Waals surface area contributed by atoms with Crippen LogP contribution in [0.3, 0.4) is 0 Å². The van der Waals surface area contributed by atoms with Crippen LogP contribution in [-0.2, 0) is 11.2 Å². The van der Waals surface area contributed by atoms with Gasteiger partial charge in [0.25, 0.3) is 0 Å².